The van der Waals surface area contributed by atoms with Gasteiger partial charge in [0.15, 0.2) is 0 Å². The lowest BCUT2D eigenvalue weighted by atomic mass is 10.2. The van der Waals surface area contributed by atoms with Crippen molar-refractivity contribution in [1.29, 1.82) is 0 Å². The molecule has 8 heteroatoms. The van der Waals surface area contributed by atoms with Gasteiger partial charge in [0.1, 0.15) is 11.2 Å². The van der Waals surface area contributed by atoms with Crippen molar-refractivity contribution in [3.05, 3.63) is 22.5 Å². The highest BCUT2D eigenvalue weighted by Crippen LogP contribution is 2.24. The van der Waals surface area contributed by atoms with Crippen molar-refractivity contribution >= 4 is 41.3 Å². The van der Waals surface area contributed by atoms with Crippen molar-refractivity contribution in [1.82, 2.24) is 20.0 Å². The van der Waals surface area contributed by atoms with E-state index in [9.17, 15) is 9.59 Å². The molecule has 0 aliphatic carbocycles. The molecule has 1 aromatic heterocycles. The first-order chi connectivity index (χ1) is 12.7. The first-order valence-electron chi connectivity index (χ1n) is 9.34. The highest BCUT2D eigenvalue weighted by molar-refractivity contribution is 7.99. The van der Waals surface area contributed by atoms with Crippen molar-refractivity contribution in [3.8, 4) is 0 Å². The van der Waals surface area contributed by atoms with Gasteiger partial charge in [-0.05, 0) is 32.3 Å². The zero-order valence-electron chi connectivity index (χ0n) is 16.7. The molecule has 2 unspecified atom stereocenters. The van der Waals surface area contributed by atoms with Crippen LogP contribution in [0.2, 0.25) is 5.15 Å². The number of amides is 2. The van der Waals surface area contributed by atoms with Gasteiger partial charge in [-0.3, -0.25) is 14.3 Å². The molecule has 27 heavy (non-hydrogen) atoms. The Morgan fingerprint density at radius 2 is 2.11 bits per heavy atom. The summed E-state index contributed by atoms with van der Waals surface area (Å²) in [5.41, 5.74) is 1.53. The van der Waals surface area contributed by atoms with Gasteiger partial charge in [-0.1, -0.05) is 32.4 Å². The average Bonchev–Trinajstić information content (AvgIpc) is 3.18. The van der Waals surface area contributed by atoms with Crippen molar-refractivity contribution in [3.63, 3.8) is 0 Å². The van der Waals surface area contributed by atoms with E-state index >= 15 is 0 Å². The molecule has 1 aliphatic heterocycles. The summed E-state index contributed by atoms with van der Waals surface area (Å²) >= 11 is 8.01. The van der Waals surface area contributed by atoms with E-state index in [-0.39, 0.29) is 17.9 Å². The third kappa shape index (κ3) is 5.51. The number of nitrogens with zero attached hydrogens (tertiary/aromatic N) is 3. The van der Waals surface area contributed by atoms with E-state index in [1.807, 2.05) is 20.8 Å². The van der Waals surface area contributed by atoms with Gasteiger partial charge >= 0.3 is 0 Å². The zero-order valence-corrected chi connectivity index (χ0v) is 18.2. The smallest absolute Gasteiger partial charge is 0.247 e. The van der Waals surface area contributed by atoms with E-state index in [0.717, 1.165) is 24.2 Å². The Bertz CT molecular complexity index is 717. The van der Waals surface area contributed by atoms with Gasteiger partial charge in [-0.25, -0.2) is 0 Å². The van der Waals surface area contributed by atoms with Crippen LogP contribution in [0.1, 0.15) is 45.4 Å². The highest BCUT2D eigenvalue weighted by Gasteiger charge is 2.34. The molecule has 1 fully saturated rings. The fourth-order valence-corrected chi connectivity index (χ4v) is 4.26. The first kappa shape index (κ1) is 21.8. The van der Waals surface area contributed by atoms with Gasteiger partial charge in [0.05, 0.1) is 11.6 Å². The van der Waals surface area contributed by atoms with Crippen LogP contribution in [0.15, 0.2) is 6.08 Å². The van der Waals surface area contributed by atoms with Crippen LogP contribution in [0.5, 0.6) is 0 Å². The summed E-state index contributed by atoms with van der Waals surface area (Å²) in [6.45, 7) is 10.8. The maximum atomic E-state index is 12.7. The van der Waals surface area contributed by atoms with Gasteiger partial charge in [0.2, 0.25) is 11.8 Å². The van der Waals surface area contributed by atoms with Crippen LogP contribution < -0.4 is 5.32 Å². The number of hydrogen-bond acceptors (Lipinski definition) is 4. The fraction of sp³-hybridized carbons (Fsp3) is 0.632. The van der Waals surface area contributed by atoms with Crippen LogP contribution in [-0.4, -0.2) is 50.2 Å². The lowest BCUT2D eigenvalue weighted by molar-refractivity contribution is -0.135. The number of thioether (sulfide) groups is 1. The number of hydrogen-bond donors (Lipinski definition) is 1. The number of halogens is 1. The van der Waals surface area contributed by atoms with Crippen molar-refractivity contribution in [2.24, 2.45) is 5.92 Å². The van der Waals surface area contributed by atoms with Gasteiger partial charge in [-0.2, -0.15) is 5.10 Å². The molecule has 150 valence electrons. The molecule has 0 aromatic carbocycles. The van der Waals surface area contributed by atoms with Crippen LogP contribution in [0.4, 0.5) is 0 Å². The Hall–Kier alpha value is -1.47. The number of aromatic nitrogens is 2. The van der Waals surface area contributed by atoms with Crippen LogP contribution >= 0.6 is 23.4 Å². The molecule has 1 aromatic rings. The quantitative estimate of drug-likeness (QED) is 0.697. The van der Waals surface area contributed by atoms with Gasteiger partial charge in [0, 0.05) is 30.0 Å². The lowest BCUT2D eigenvalue weighted by Gasteiger charge is -2.23. The normalized spacial score (nSPS) is 18.5. The molecular weight excluding hydrogens is 384 g/mol. The predicted molar refractivity (Wildman–Crippen MR) is 112 cm³/mol. The number of carbonyl (C=O) groups is 2. The summed E-state index contributed by atoms with van der Waals surface area (Å²) in [7, 11) is 0. The summed E-state index contributed by atoms with van der Waals surface area (Å²) in [5.74, 6) is 1.29. The molecule has 2 amide bonds. The molecule has 1 saturated heterocycles. The number of nitrogens with one attached hydrogen (secondary N) is 1. The molecule has 6 nitrogen and oxygen atoms in total. The topological polar surface area (TPSA) is 67.2 Å². The third-order valence-electron chi connectivity index (χ3n) is 4.51. The summed E-state index contributed by atoms with van der Waals surface area (Å²) in [6, 6.07) is -0.328. The predicted octanol–water partition coefficient (Wildman–Crippen LogP) is 3.33. The molecule has 0 bridgehead atoms. The minimum Gasteiger partial charge on any atom is -0.352 e. The average molecular weight is 413 g/mol. The SMILES string of the molecule is CCC(C)NC(=O)C1CSCN1C(=O)/C=C/c1c(C)nn(CC(C)C)c1Cl. The van der Waals surface area contributed by atoms with Crippen molar-refractivity contribution in [2.75, 3.05) is 11.6 Å². The van der Waals surface area contributed by atoms with Gasteiger partial charge in [-0.15, -0.1) is 11.8 Å². The molecule has 0 saturated carbocycles. The fourth-order valence-electron chi connectivity index (χ4n) is 2.79. The summed E-state index contributed by atoms with van der Waals surface area (Å²) in [5, 5.41) is 7.95. The number of aryl methyl sites for hydroxylation is 1. The molecule has 2 rings (SSSR count). The molecular formula is C19H29ClN4O2S. The maximum absolute atomic E-state index is 12.7. The Morgan fingerprint density at radius 1 is 1.41 bits per heavy atom. The van der Waals surface area contributed by atoms with E-state index in [0.29, 0.717) is 22.7 Å². The lowest BCUT2D eigenvalue weighted by Crippen LogP contribution is -2.48. The van der Waals surface area contributed by atoms with Crippen molar-refractivity contribution < 1.29 is 9.59 Å². The standard InChI is InChI=1S/C19H29ClN4O2S/c1-6-13(4)21-19(26)16-10-27-11-23(16)17(25)8-7-15-14(5)22-24(18(15)20)9-12(2)3/h7-8,12-13,16H,6,9-11H2,1-5H3,(H,21,26)/b8-7+. The number of rotatable bonds is 7. The third-order valence-corrected chi connectivity index (χ3v) is 5.92. The Labute approximate surface area is 170 Å². The Kier molecular flexibility index (Phi) is 7.79. The second kappa shape index (κ2) is 9.64. The Balaban J connectivity index is 2.10. The first-order valence-corrected chi connectivity index (χ1v) is 10.9. The molecule has 0 radical (unpaired) electrons. The second-order valence-electron chi connectivity index (χ2n) is 7.34. The summed E-state index contributed by atoms with van der Waals surface area (Å²) < 4.78 is 1.76. The van der Waals surface area contributed by atoms with E-state index < -0.39 is 6.04 Å². The summed E-state index contributed by atoms with van der Waals surface area (Å²) in [6.07, 6.45) is 4.05. The van der Waals surface area contributed by atoms with Crippen LogP contribution in [0.3, 0.4) is 0 Å². The van der Waals surface area contributed by atoms with Crippen LogP contribution in [0, 0.1) is 12.8 Å². The minimum absolute atomic E-state index is 0.0879. The van der Waals surface area contributed by atoms with Crippen LogP contribution in [0.25, 0.3) is 6.08 Å². The van der Waals surface area contributed by atoms with Crippen molar-refractivity contribution in [2.45, 2.75) is 59.7 Å². The largest absolute Gasteiger partial charge is 0.352 e. The van der Waals surface area contributed by atoms with E-state index in [1.54, 1.807) is 27.4 Å². The minimum atomic E-state index is -0.429. The van der Waals surface area contributed by atoms with Gasteiger partial charge < -0.3 is 10.2 Å². The molecule has 1 aliphatic rings. The second-order valence-corrected chi connectivity index (χ2v) is 8.70. The van der Waals surface area contributed by atoms with E-state index in [2.05, 4.69) is 24.3 Å². The maximum Gasteiger partial charge on any atom is 0.247 e. The Morgan fingerprint density at radius 3 is 2.74 bits per heavy atom. The molecule has 2 heterocycles. The highest BCUT2D eigenvalue weighted by atomic mass is 35.5. The number of carbonyl (C=O) groups excluding carboxylic acids is 2. The van der Waals surface area contributed by atoms with E-state index in [4.69, 9.17) is 11.6 Å². The monoisotopic (exact) mass is 412 g/mol. The summed E-state index contributed by atoms with van der Waals surface area (Å²) in [4.78, 5) is 26.7. The van der Waals surface area contributed by atoms with E-state index in [1.165, 1.54) is 6.08 Å². The molecule has 2 atom stereocenters. The van der Waals surface area contributed by atoms with Crippen LogP contribution in [-0.2, 0) is 16.1 Å². The van der Waals surface area contributed by atoms with Gasteiger partial charge in [0.25, 0.3) is 0 Å². The zero-order chi connectivity index (χ0) is 20.1. The molecule has 1 N–H and O–H groups in total. The molecule has 0 spiro atoms.